The fourth-order valence-electron chi connectivity index (χ4n) is 4.13. The SMILES string of the molecule is C[C@@H](Oc1ccc(-c2ccc(-c3c(Cc4ccccc4)oc4ccccc34)cc2)cc1)C(=O)O. The van der Waals surface area contributed by atoms with Crippen LogP contribution in [0.1, 0.15) is 18.2 Å². The molecule has 1 heterocycles. The number of hydrogen-bond donors (Lipinski definition) is 1. The smallest absolute Gasteiger partial charge is 0.344 e. The van der Waals surface area contributed by atoms with Gasteiger partial charge in [-0.2, -0.15) is 0 Å². The summed E-state index contributed by atoms with van der Waals surface area (Å²) in [5, 5.41) is 10.1. The molecule has 1 atom stereocenters. The molecule has 1 N–H and O–H groups in total. The van der Waals surface area contributed by atoms with Crippen molar-refractivity contribution in [1.82, 2.24) is 0 Å². The number of para-hydroxylation sites is 1. The maximum absolute atomic E-state index is 11.0. The van der Waals surface area contributed by atoms with Gasteiger partial charge in [0, 0.05) is 17.4 Å². The van der Waals surface area contributed by atoms with E-state index in [-0.39, 0.29) is 0 Å². The van der Waals surface area contributed by atoms with Gasteiger partial charge in [0.2, 0.25) is 0 Å². The predicted octanol–water partition coefficient (Wildman–Crippen LogP) is 7.21. The highest BCUT2D eigenvalue weighted by Crippen LogP contribution is 2.37. The molecule has 0 saturated carbocycles. The van der Waals surface area contributed by atoms with E-state index in [4.69, 9.17) is 14.3 Å². The number of fused-ring (bicyclic) bond motifs is 1. The van der Waals surface area contributed by atoms with Crippen LogP contribution in [0.5, 0.6) is 5.75 Å². The molecule has 0 aliphatic rings. The minimum atomic E-state index is -0.988. The summed E-state index contributed by atoms with van der Waals surface area (Å²) < 4.78 is 11.7. The lowest BCUT2D eigenvalue weighted by molar-refractivity contribution is -0.144. The van der Waals surface area contributed by atoms with E-state index >= 15 is 0 Å². The normalized spacial score (nSPS) is 11.9. The number of aliphatic carboxylic acids is 1. The number of ether oxygens (including phenoxy) is 1. The summed E-state index contributed by atoms with van der Waals surface area (Å²) >= 11 is 0. The Bertz CT molecular complexity index is 1410. The van der Waals surface area contributed by atoms with E-state index in [1.807, 2.05) is 48.5 Å². The van der Waals surface area contributed by atoms with E-state index in [9.17, 15) is 4.79 Å². The molecular weight excluding hydrogens is 424 g/mol. The minimum Gasteiger partial charge on any atom is -0.479 e. The number of benzene rings is 4. The molecule has 0 saturated heterocycles. The van der Waals surface area contributed by atoms with Crippen molar-refractivity contribution in [3.8, 4) is 28.0 Å². The topological polar surface area (TPSA) is 59.7 Å². The van der Waals surface area contributed by atoms with Gasteiger partial charge in [-0.1, -0.05) is 84.9 Å². The van der Waals surface area contributed by atoms with Gasteiger partial charge in [0.1, 0.15) is 17.1 Å². The highest BCUT2D eigenvalue weighted by Gasteiger charge is 2.16. The molecule has 4 heteroatoms. The Morgan fingerprint density at radius 1 is 0.794 bits per heavy atom. The second-order valence-electron chi connectivity index (χ2n) is 8.26. The first-order valence-corrected chi connectivity index (χ1v) is 11.2. The molecule has 0 aliphatic heterocycles. The van der Waals surface area contributed by atoms with Gasteiger partial charge in [-0.25, -0.2) is 4.79 Å². The zero-order valence-electron chi connectivity index (χ0n) is 18.8. The molecule has 0 aliphatic carbocycles. The average molecular weight is 449 g/mol. The van der Waals surface area contributed by atoms with Crippen LogP contribution in [-0.2, 0) is 11.2 Å². The van der Waals surface area contributed by atoms with Gasteiger partial charge >= 0.3 is 5.97 Å². The van der Waals surface area contributed by atoms with Crippen LogP contribution in [0.4, 0.5) is 0 Å². The maximum atomic E-state index is 11.0. The maximum Gasteiger partial charge on any atom is 0.344 e. The molecule has 4 aromatic carbocycles. The molecule has 0 spiro atoms. The summed E-state index contributed by atoms with van der Waals surface area (Å²) in [6.45, 7) is 1.51. The summed E-state index contributed by atoms with van der Waals surface area (Å²) in [7, 11) is 0. The van der Waals surface area contributed by atoms with Crippen molar-refractivity contribution in [2.75, 3.05) is 0 Å². The van der Waals surface area contributed by atoms with E-state index in [0.29, 0.717) is 5.75 Å². The van der Waals surface area contributed by atoms with Crippen molar-refractivity contribution in [1.29, 1.82) is 0 Å². The third-order valence-corrected chi connectivity index (χ3v) is 5.90. The van der Waals surface area contributed by atoms with Crippen LogP contribution in [0.15, 0.2) is 108 Å². The van der Waals surface area contributed by atoms with Crippen molar-refractivity contribution in [3.63, 3.8) is 0 Å². The number of furan rings is 1. The quantitative estimate of drug-likeness (QED) is 0.286. The number of hydrogen-bond acceptors (Lipinski definition) is 3. The van der Waals surface area contributed by atoms with Crippen molar-refractivity contribution in [2.45, 2.75) is 19.4 Å². The van der Waals surface area contributed by atoms with E-state index in [1.54, 1.807) is 12.1 Å². The lowest BCUT2D eigenvalue weighted by atomic mass is 9.96. The van der Waals surface area contributed by atoms with Gasteiger partial charge < -0.3 is 14.3 Å². The Balaban J connectivity index is 1.45. The highest BCUT2D eigenvalue weighted by molar-refractivity contribution is 5.96. The predicted molar refractivity (Wildman–Crippen MR) is 134 cm³/mol. The molecule has 1 aromatic heterocycles. The summed E-state index contributed by atoms with van der Waals surface area (Å²) in [5.41, 5.74) is 6.42. The van der Waals surface area contributed by atoms with Crippen LogP contribution in [0.3, 0.4) is 0 Å². The Labute approximate surface area is 198 Å². The van der Waals surface area contributed by atoms with Gasteiger partial charge in [0.05, 0.1) is 0 Å². The molecule has 0 radical (unpaired) electrons. The second kappa shape index (κ2) is 9.28. The molecular formula is C30H24O4. The van der Waals surface area contributed by atoms with Gasteiger partial charge in [0.25, 0.3) is 0 Å². The third-order valence-electron chi connectivity index (χ3n) is 5.90. The molecule has 168 valence electrons. The molecule has 5 aromatic rings. The van der Waals surface area contributed by atoms with Gasteiger partial charge in [-0.3, -0.25) is 0 Å². The zero-order valence-corrected chi connectivity index (χ0v) is 18.8. The van der Waals surface area contributed by atoms with Crippen LogP contribution < -0.4 is 4.74 Å². The zero-order chi connectivity index (χ0) is 23.5. The Morgan fingerprint density at radius 3 is 2.06 bits per heavy atom. The number of carboxylic acids is 1. The number of carboxylic acid groups (broad SMARTS) is 1. The molecule has 0 fully saturated rings. The summed E-state index contributed by atoms with van der Waals surface area (Å²) in [6.07, 6.45) is -0.164. The molecule has 4 nitrogen and oxygen atoms in total. The van der Waals surface area contributed by atoms with Crippen LogP contribution >= 0.6 is 0 Å². The summed E-state index contributed by atoms with van der Waals surface area (Å²) in [4.78, 5) is 11.0. The van der Waals surface area contributed by atoms with Crippen LogP contribution in [0.25, 0.3) is 33.2 Å². The van der Waals surface area contributed by atoms with Crippen LogP contribution in [-0.4, -0.2) is 17.2 Å². The molecule has 5 rings (SSSR count). The first kappa shape index (κ1) is 21.5. The fourth-order valence-corrected chi connectivity index (χ4v) is 4.13. The van der Waals surface area contributed by atoms with Crippen LogP contribution in [0, 0.1) is 0 Å². The first-order chi connectivity index (χ1) is 16.6. The molecule has 0 amide bonds. The van der Waals surface area contributed by atoms with E-state index in [1.165, 1.54) is 12.5 Å². The molecule has 0 unspecified atom stereocenters. The minimum absolute atomic E-state index is 0.533. The number of rotatable bonds is 7. The fraction of sp³-hybridized carbons (Fsp3) is 0.100. The van der Waals surface area contributed by atoms with E-state index < -0.39 is 12.1 Å². The number of carbonyl (C=O) groups is 1. The van der Waals surface area contributed by atoms with Gasteiger partial charge in [-0.05, 0) is 47.4 Å². The van der Waals surface area contributed by atoms with Gasteiger partial charge in [-0.15, -0.1) is 0 Å². The van der Waals surface area contributed by atoms with Crippen molar-refractivity contribution >= 4 is 16.9 Å². The largest absolute Gasteiger partial charge is 0.479 e. The molecule has 0 bridgehead atoms. The monoisotopic (exact) mass is 448 g/mol. The van der Waals surface area contributed by atoms with E-state index in [0.717, 1.165) is 45.4 Å². The lowest BCUT2D eigenvalue weighted by Gasteiger charge is -2.11. The van der Waals surface area contributed by atoms with Crippen molar-refractivity contribution in [2.24, 2.45) is 0 Å². The Kier molecular flexibility index (Phi) is 5.88. The van der Waals surface area contributed by atoms with Gasteiger partial charge in [0.15, 0.2) is 6.10 Å². The standard InChI is InChI=1S/C30H24O4/c1-20(30(31)32)33-25-17-15-23(16-18-25)22-11-13-24(14-12-22)29-26-9-5-6-10-27(26)34-28(29)19-21-7-3-2-4-8-21/h2-18,20H,19H2,1H3,(H,31,32)/t20-/m1/s1. The summed E-state index contributed by atoms with van der Waals surface area (Å²) in [6, 6.07) is 34.4. The van der Waals surface area contributed by atoms with E-state index in [2.05, 4.69) is 42.5 Å². The summed E-state index contributed by atoms with van der Waals surface area (Å²) in [5.74, 6) is 0.498. The third kappa shape index (κ3) is 4.44. The Morgan fingerprint density at radius 2 is 1.38 bits per heavy atom. The second-order valence-corrected chi connectivity index (χ2v) is 8.26. The first-order valence-electron chi connectivity index (χ1n) is 11.2. The molecule has 34 heavy (non-hydrogen) atoms. The lowest BCUT2D eigenvalue weighted by Crippen LogP contribution is -2.22. The van der Waals surface area contributed by atoms with Crippen molar-refractivity contribution in [3.05, 3.63) is 114 Å². The van der Waals surface area contributed by atoms with Crippen molar-refractivity contribution < 1.29 is 19.1 Å². The highest BCUT2D eigenvalue weighted by atomic mass is 16.5. The Hall–Kier alpha value is -4.31. The van der Waals surface area contributed by atoms with Crippen LogP contribution in [0.2, 0.25) is 0 Å². The average Bonchev–Trinajstić information content (AvgIpc) is 3.23.